The van der Waals surface area contributed by atoms with E-state index in [9.17, 15) is 9.59 Å². The van der Waals surface area contributed by atoms with Crippen molar-refractivity contribution >= 4 is 11.9 Å². The van der Waals surface area contributed by atoms with Gasteiger partial charge in [0, 0.05) is 13.1 Å². The third-order valence-electron chi connectivity index (χ3n) is 3.79. The highest BCUT2D eigenvalue weighted by Crippen LogP contribution is 2.12. The summed E-state index contributed by atoms with van der Waals surface area (Å²) >= 11 is 0. The molecule has 0 aliphatic heterocycles. The van der Waals surface area contributed by atoms with Crippen LogP contribution < -0.4 is 16.0 Å². The number of urea groups is 1. The van der Waals surface area contributed by atoms with Crippen molar-refractivity contribution in [2.45, 2.75) is 12.6 Å². The number of nitrogens with one attached hydrogen (secondary N) is 3. The molecule has 2 aromatic carbocycles. The summed E-state index contributed by atoms with van der Waals surface area (Å²) in [6.45, 7) is 1.02. The minimum atomic E-state index is -0.368. The second kappa shape index (κ2) is 10.2. The molecule has 0 aromatic heterocycles. The molecule has 0 saturated carbocycles. The normalized spacial score (nSPS) is 11.7. The molecule has 2 rings (SSSR count). The lowest BCUT2D eigenvalue weighted by Crippen LogP contribution is -2.44. The van der Waals surface area contributed by atoms with Gasteiger partial charge in [0.15, 0.2) is 0 Å². The maximum absolute atomic E-state index is 12.2. The van der Waals surface area contributed by atoms with Gasteiger partial charge in [0.05, 0.1) is 12.6 Å². The predicted molar refractivity (Wildman–Crippen MR) is 103 cm³/mol. The Balaban J connectivity index is 1.79. The van der Waals surface area contributed by atoms with Crippen molar-refractivity contribution in [3.8, 4) is 0 Å². The number of benzene rings is 2. The van der Waals surface area contributed by atoms with E-state index in [0.29, 0.717) is 13.1 Å². The zero-order valence-corrected chi connectivity index (χ0v) is 15.2. The molecule has 0 spiro atoms. The molecule has 6 heteroatoms. The summed E-state index contributed by atoms with van der Waals surface area (Å²) in [5.74, 6) is -0.226. The summed E-state index contributed by atoms with van der Waals surface area (Å²) in [5, 5.41) is 8.29. The third-order valence-corrected chi connectivity index (χ3v) is 3.79. The lowest BCUT2D eigenvalue weighted by Gasteiger charge is -2.23. The molecule has 0 unspecified atom stereocenters. The first-order valence-electron chi connectivity index (χ1n) is 8.59. The average Bonchev–Trinajstić information content (AvgIpc) is 2.65. The van der Waals surface area contributed by atoms with Crippen LogP contribution in [0.4, 0.5) is 4.79 Å². The van der Waals surface area contributed by atoms with Gasteiger partial charge in [-0.2, -0.15) is 0 Å². The van der Waals surface area contributed by atoms with E-state index in [2.05, 4.69) is 16.0 Å². The maximum atomic E-state index is 12.2. The van der Waals surface area contributed by atoms with Crippen LogP contribution in [0.2, 0.25) is 0 Å². The second-order valence-electron chi connectivity index (χ2n) is 6.31. The SMILES string of the molecule is CN(C)C[C@@H](NC(=O)CNC(=O)NCc1ccccc1)c1ccccc1. The summed E-state index contributed by atoms with van der Waals surface area (Å²) in [7, 11) is 3.91. The molecule has 0 bridgehead atoms. The average molecular weight is 354 g/mol. The Morgan fingerprint density at radius 2 is 1.54 bits per heavy atom. The van der Waals surface area contributed by atoms with Crippen molar-refractivity contribution in [2.75, 3.05) is 27.2 Å². The van der Waals surface area contributed by atoms with Gasteiger partial charge < -0.3 is 20.9 Å². The molecule has 3 amide bonds. The standard InChI is InChI=1S/C20H26N4O2/c1-24(2)15-18(17-11-7-4-8-12-17)23-19(25)14-22-20(26)21-13-16-9-5-3-6-10-16/h3-12,18H,13-15H2,1-2H3,(H,23,25)(H2,21,22,26)/t18-/m1/s1. The van der Waals surface area contributed by atoms with E-state index in [1.165, 1.54) is 0 Å². The smallest absolute Gasteiger partial charge is 0.315 e. The van der Waals surface area contributed by atoms with Crippen molar-refractivity contribution in [3.05, 3.63) is 71.8 Å². The van der Waals surface area contributed by atoms with E-state index in [1.54, 1.807) is 0 Å². The molecule has 138 valence electrons. The molecule has 2 aromatic rings. The molecular weight excluding hydrogens is 328 g/mol. The molecule has 6 nitrogen and oxygen atoms in total. The molecule has 0 aliphatic carbocycles. The van der Waals surface area contributed by atoms with Crippen LogP contribution in [-0.2, 0) is 11.3 Å². The predicted octanol–water partition coefficient (Wildman–Crippen LogP) is 1.90. The van der Waals surface area contributed by atoms with E-state index >= 15 is 0 Å². The Hall–Kier alpha value is -2.86. The number of rotatable bonds is 8. The fourth-order valence-electron chi connectivity index (χ4n) is 2.53. The van der Waals surface area contributed by atoms with Crippen LogP contribution in [0.15, 0.2) is 60.7 Å². The zero-order valence-electron chi connectivity index (χ0n) is 15.2. The number of amides is 3. The Labute approximate surface area is 154 Å². The molecule has 0 heterocycles. The maximum Gasteiger partial charge on any atom is 0.315 e. The Kier molecular flexibility index (Phi) is 7.64. The first-order chi connectivity index (χ1) is 12.5. The molecule has 0 aliphatic rings. The van der Waals surface area contributed by atoms with Gasteiger partial charge in [-0.15, -0.1) is 0 Å². The monoisotopic (exact) mass is 354 g/mol. The zero-order chi connectivity index (χ0) is 18.8. The quantitative estimate of drug-likeness (QED) is 0.678. The minimum absolute atomic E-state index is 0.0720. The minimum Gasteiger partial charge on any atom is -0.346 e. The molecule has 26 heavy (non-hydrogen) atoms. The molecule has 1 atom stereocenters. The molecule has 3 N–H and O–H groups in total. The fourth-order valence-corrected chi connectivity index (χ4v) is 2.53. The molecular formula is C20H26N4O2. The highest BCUT2D eigenvalue weighted by molar-refractivity contribution is 5.84. The first-order valence-corrected chi connectivity index (χ1v) is 8.59. The van der Waals surface area contributed by atoms with Gasteiger partial charge in [-0.1, -0.05) is 60.7 Å². The summed E-state index contributed by atoms with van der Waals surface area (Å²) in [6.07, 6.45) is 0. The van der Waals surface area contributed by atoms with E-state index in [-0.39, 0.29) is 24.5 Å². The number of carbonyl (C=O) groups is 2. The number of hydrogen-bond donors (Lipinski definition) is 3. The van der Waals surface area contributed by atoms with Crippen LogP contribution in [0.1, 0.15) is 17.2 Å². The molecule has 0 saturated heterocycles. The van der Waals surface area contributed by atoms with Gasteiger partial charge in [-0.3, -0.25) is 4.79 Å². The van der Waals surface area contributed by atoms with Crippen LogP contribution >= 0.6 is 0 Å². The van der Waals surface area contributed by atoms with E-state index in [1.807, 2.05) is 79.7 Å². The van der Waals surface area contributed by atoms with Crippen LogP contribution in [0.25, 0.3) is 0 Å². The van der Waals surface area contributed by atoms with Gasteiger partial charge in [-0.25, -0.2) is 4.79 Å². The summed E-state index contributed by atoms with van der Waals surface area (Å²) in [6, 6.07) is 18.9. The van der Waals surface area contributed by atoms with Gasteiger partial charge in [0.25, 0.3) is 0 Å². The number of carbonyl (C=O) groups excluding carboxylic acids is 2. The van der Waals surface area contributed by atoms with E-state index in [4.69, 9.17) is 0 Å². The van der Waals surface area contributed by atoms with Crippen molar-refractivity contribution < 1.29 is 9.59 Å². The Morgan fingerprint density at radius 3 is 2.15 bits per heavy atom. The highest BCUT2D eigenvalue weighted by Gasteiger charge is 2.15. The Morgan fingerprint density at radius 1 is 0.923 bits per heavy atom. The van der Waals surface area contributed by atoms with Crippen LogP contribution in [-0.4, -0.2) is 44.0 Å². The van der Waals surface area contributed by atoms with Gasteiger partial charge in [0.2, 0.25) is 5.91 Å². The summed E-state index contributed by atoms with van der Waals surface area (Å²) in [5.41, 5.74) is 2.03. The van der Waals surface area contributed by atoms with Crippen LogP contribution in [0, 0.1) is 0 Å². The Bertz CT molecular complexity index is 689. The topological polar surface area (TPSA) is 73.5 Å². The van der Waals surface area contributed by atoms with Gasteiger partial charge in [-0.05, 0) is 25.2 Å². The van der Waals surface area contributed by atoms with Crippen LogP contribution in [0.5, 0.6) is 0 Å². The lowest BCUT2D eigenvalue weighted by atomic mass is 10.1. The van der Waals surface area contributed by atoms with Crippen molar-refractivity contribution in [1.29, 1.82) is 0 Å². The summed E-state index contributed by atoms with van der Waals surface area (Å²) in [4.78, 5) is 26.1. The van der Waals surface area contributed by atoms with Crippen LogP contribution in [0.3, 0.4) is 0 Å². The third kappa shape index (κ3) is 6.94. The largest absolute Gasteiger partial charge is 0.346 e. The van der Waals surface area contributed by atoms with E-state index < -0.39 is 0 Å². The lowest BCUT2D eigenvalue weighted by molar-refractivity contribution is -0.120. The van der Waals surface area contributed by atoms with Crippen molar-refractivity contribution in [1.82, 2.24) is 20.9 Å². The summed E-state index contributed by atoms with van der Waals surface area (Å²) < 4.78 is 0. The number of likely N-dealkylation sites (N-methyl/N-ethyl adjacent to an activating group) is 1. The first kappa shape index (κ1) is 19.5. The number of nitrogens with zero attached hydrogens (tertiary/aromatic N) is 1. The van der Waals surface area contributed by atoms with Gasteiger partial charge >= 0.3 is 6.03 Å². The van der Waals surface area contributed by atoms with Crippen molar-refractivity contribution in [2.24, 2.45) is 0 Å². The van der Waals surface area contributed by atoms with Crippen molar-refractivity contribution in [3.63, 3.8) is 0 Å². The molecule has 0 radical (unpaired) electrons. The molecule has 0 fully saturated rings. The fraction of sp³-hybridized carbons (Fsp3) is 0.300. The highest BCUT2D eigenvalue weighted by atomic mass is 16.2. The number of hydrogen-bond acceptors (Lipinski definition) is 3. The van der Waals surface area contributed by atoms with Gasteiger partial charge in [0.1, 0.15) is 0 Å². The van der Waals surface area contributed by atoms with E-state index in [0.717, 1.165) is 11.1 Å². The second-order valence-corrected chi connectivity index (χ2v) is 6.31.